The molecule has 1 N–H and O–H groups in total. The van der Waals surface area contributed by atoms with Crippen molar-refractivity contribution in [2.75, 3.05) is 6.54 Å². The third-order valence-corrected chi connectivity index (χ3v) is 3.64. The van der Waals surface area contributed by atoms with E-state index in [4.69, 9.17) is 0 Å². The van der Waals surface area contributed by atoms with Crippen LogP contribution in [0.1, 0.15) is 45.4 Å². The molecule has 13 heavy (non-hydrogen) atoms. The minimum atomic E-state index is 0.0376. The molecule has 2 aliphatic rings. The highest BCUT2D eigenvalue weighted by atomic mass is 16.2. The Morgan fingerprint density at radius 1 is 1.31 bits per heavy atom. The maximum Gasteiger partial charge on any atom is 0.226 e. The van der Waals surface area contributed by atoms with Gasteiger partial charge in [-0.2, -0.15) is 0 Å². The Labute approximate surface area is 80.1 Å². The first kappa shape index (κ1) is 9.04. The van der Waals surface area contributed by atoms with Gasteiger partial charge in [-0.1, -0.05) is 26.2 Å². The molecule has 0 aromatic carbocycles. The highest BCUT2D eigenvalue weighted by Crippen LogP contribution is 2.43. The molecular formula is C11H19NO. The minimum absolute atomic E-state index is 0.0376. The Morgan fingerprint density at radius 3 is 2.69 bits per heavy atom. The fraction of sp³-hybridized carbons (Fsp3) is 0.909. The minimum Gasteiger partial charge on any atom is -0.355 e. The van der Waals surface area contributed by atoms with Crippen molar-refractivity contribution in [3.63, 3.8) is 0 Å². The molecule has 2 nitrogen and oxygen atoms in total. The van der Waals surface area contributed by atoms with E-state index in [1.165, 1.54) is 19.3 Å². The van der Waals surface area contributed by atoms with E-state index < -0.39 is 0 Å². The predicted octanol–water partition coefficient (Wildman–Crippen LogP) is 2.09. The first-order valence-electron chi connectivity index (χ1n) is 5.51. The summed E-state index contributed by atoms with van der Waals surface area (Å²) in [6, 6.07) is 0. The molecule has 0 aromatic rings. The second kappa shape index (κ2) is 3.32. The van der Waals surface area contributed by atoms with Crippen molar-refractivity contribution in [2.45, 2.75) is 45.4 Å². The second-order valence-electron chi connectivity index (χ2n) is 4.86. The van der Waals surface area contributed by atoms with Crippen molar-refractivity contribution in [1.29, 1.82) is 0 Å². The lowest BCUT2D eigenvalue weighted by Gasteiger charge is -2.41. The molecule has 1 aliphatic heterocycles. The standard InChI is InChI=1S/C11H19NO/c1-9-7-11(10(13)12-8-9)5-3-2-4-6-11/h9H,2-8H2,1H3,(H,12,13). The van der Waals surface area contributed by atoms with E-state index in [0.717, 1.165) is 25.8 Å². The summed E-state index contributed by atoms with van der Waals surface area (Å²) in [5, 5.41) is 3.05. The first-order chi connectivity index (χ1) is 6.23. The van der Waals surface area contributed by atoms with E-state index in [1.54, 1.807) is 0 Å². The summed E-state index contributed by atoms with van der Waals surface area (Å²) in [5.74, 6) is 1.01. The molecular weight excluding hydrogens is 162 g/mol. The molecule has 0 bridgehead atoms. The second-order valence-corrected chi connectivity index (χ2v) is 4.86. The molecule has 1 heterocycles. The van der Waals surface area contributed by atoms with E-state index in [0.29, 0.717) is 11.8 Å². The van der Waals surface area contributed by atoms with E-state index in [-0.39, 0.29) is 5.41 Å². The van der Waals surface area contributed by atoms with Crippen LogP contribution < -0.4 is 5.32 Å². The highest BCUT2D eigenvalue weighted by molar-refractivity contribution is 5.83. The number of hydrogen-bond donors (Lipinski definition) is 1. The van der Waals surface area contributed by atoms with Crippen molar-refractivity contribution in [3.8, 4) is 0 Å². The molecule has 2 fully saturated rings. The van der Waals surface area contributed by atoms with Crippen molar-refractivity contribution in [2.24, 2.45) is 11.3 Å². The van der Waals surface area contributed by atoms with Gasteiger partial charge in [0.15, 0.2) is 0 Å². The quantitative estimate of drug-likeness (QED) is 0.609. The van der Waals surface area contributed by atoms with Crippen LogP contribution >= 0.6 is 0 Å². The lowest BCUT2D eigenvalue weighted by atomic mass is 9.67. The zero-order valence-corrected chi connectivity index (χ0v) is 8.44. The van der Waals surface area contributed by atoms with Gasteiger partial charge in [0.05, 0.1) is 0 Å². The van der Waals surface area contributed by atoms with Gasteiger partial charge < -0.3 is 5.32 Å². The Hall–Kier alpha value is -0.530. The van der Waals surface area contributed by atoms with Crippen LogP contribution in [-0.2, 0) is 4.79 Å². The molecule has 0 aromatic heterocycles. The molecule has 1 saturated heterocycles. The Balaban J connectivity index is 2.11. The lowest BCUT2D eigenvalue weighted by Crippen LogP contribution is -2.49. The third kappa shape index (κ3) is 1.59. The number of piperidine rings is 1. The molecule has 74 valence electrons. The van der Waals surface area contributed by atoms with Crippen LogP contribution in [0.5, 0.6) is 0 Å². The highest BCUT2D eigenvalue weighted by Gasteiger charge is 2.42. The van der Waals surface area contributed by atoms with Gasteiger partial charge >= 0.3 is 0 Å². The van der Waals surface area contributed by atoms with Gasteiger partial charge in [0.2, 0.25) is 5.91 Å². The number of rotatable bonds is 0. The molecule has 2 heteroatoms. The van der Waals surface area contributed by atoms with E-state index in [2.05, 4.69) is 12.2 Å². The Morgan fingerprint density at radius 2 is 2.00 bits per heavy atom. The monoisotopic (exact) mass is 181 g/mol. The molecule has 1 amide bonds. The fourth-order valence-electron chi connectivity index (χ4n) is 2.95. The van der Waals surface area contributed by atoms with Gasteiger partial charge in [-0.25, -0.2) is 0 Å². The summed E-state index contributed by atoms with van der Waals surface area (Å²) in [4.78, 5) is 11.8. The average Bonchev–Trinajstić information content (AvgIpc) is 2.14. The fourth-order valence-corrected chi connectivity index (χ4v) is 2.95. The maximum atomic E-state index is 11.8. The number of nitrogens with one attached hydrogen (secondary N) is 1. The largest absolute Gasteiger partial charge is 0.355 e. The maximum absolute atomic E-state index is 11.8. The van der Waals surface area contributed by atoms with Crippen molar-refractivity contribution in [3.05, 3.63) is 0 Å². The predicted molar refractivity (Wildman–Crippen MR) is 52.3 cm³/mol. The summed E-state index contributed by atoms with van der Waals surface area (Å²) >= 11 is 0. The van der Waals surface area contributed by atoms with E-state index in [9.17, 15) is 4.79 Å². The summed E-state index contributed by atoms with van der Waals surface area (Å²) < 4.78 is 0. The van der Waals surface area contributed by atoms with Crippen LogP contribution in [0.3, 0.4) is 0 Å². The number of amides is 1. The van der Waals surface area contributed by atoms with Crippen LogP contribution in [0.15, 0.2) is 0 Å². The zero-order valence-electron chi connectivity index (χ0n) is 8.44. The topological polar surface area (TPSA) is 29.1 Å². The lowest BCUT2D eigenvalue weighted by molar-refractivity contribution is -0.137. The number of hydrogen-bond acceptors (Lipinski definition) is 1. The van der Waals surface area contributed by atoms with Crippen LogP contribution in [0.4, 0.5) is 0 Å². The van der Waals surface area contributed by atoms with Gasteiger partial charge in [0.1, 0.15) is 0 Å². The molecule has 1 aliphatic carbocycles. The zero-order chi connectivity index (χ0) is 9.31. The summed E-state index contributed by atoms with van der Waals surface area (Å²) in [5.41, 5.74) is 0.0376. The normalized spacial score (nSPS) is 33.0. The molecule has 1 saturated carbocycles. The van der Waals surface area contributed by atoms with Gasteiger partial charge in [-0.15, -0.1) is 0 Å². The van der Waals surface area contributed by atoms with Crippen LogP contribution in [0, 0.1) is 11.3 Å². The number of carbonyl (C=O) groups excluding carboxylic acids is 1. The summed E-state index contributed by atoms with van der Waals surface area (Å²) in [6.07, 6.45) is 7.20. The molecule has 1 atom stereocenters. The van der Waals surface area contributed by atoms with Gasteiger partial charge in [-0.05, 0) is 25.2 Å². The van der Waals surface area contributed by atoms with Crippen molar-refractivity contribution >= 4 is 5.91 Å². The van der Waals surface area contributed by atoms with Crippen LogP contribution in [0.2, 0.25) is 0 Å². The van der Waals surface area contributed by atoms with E-state index >= 15 is 0 Å². The van der Waals surface area contributed by atoms with Crippen LogP contribution in [0.25, 0.3) is 0 Å². The SMILES string of the molecule is CC1CNC(=O)C2(CCCCC2)C1. The Kier molecular flexibility index (Phi) is 2.31. The summed E-state index contributed by atoms with van der Waals surface area (Å²) in [7, 11) is 0. The smallest absolute Gasteiger partial charge is 0.226 e. The average molecular weight is 181 g/mol. The summed E-state index contributed by atoms with van der Waals surface area (Å²) in [6.45, 7) is 3.14. The van der Waals surface area contributed by atoms with Crippen molar-refractivity contribution in [1.82, 2.24) is 5.32 Å². The van der Waals surface area contributed by atoms with Gasteiger partial charge in [0, 0.05) is 12.0 Å². The van der Waals surface area contributed by atoms with E-state index in [1.807, 2.05) is 0 Å². The van der Waals surface area contributed by atoms with Crippen molar-refractivity contribution < 1.29 is 4.79 Å². The van der Waals surface area contributed by atoms with Gasteiger partial charge in [-0.3, -0.25) is 4.79 Å². The molecule has 0 radical (unpaired) electrons. The molecule has 2 rings (SSSR count). The molecule has 1 spiro atoms. The van der Waals surface area contributed by atoms with Gasteiger partial charge in [0.25, 0.3) is 0 Å². The molecule has 1 unspecified atom stereocenters. The first-order valence-corrected chi connectivity index (χ1v) is 5.51. The Bertz CT molecular complexity index is 206. The van der Waals surface area contributed by atoms with Crippen LogP contribution in [-0.4, -0.2) is 12.5 Å². The third-order valence-electron chi connectivity index (χ3n) is 3.64. The number of carbonyl (C=O) groups is 1.